The van der Waals surface area contributed by atoms with Gasteiger partial charge in [0.25, 0.3) is 0 Å². The third kappa shape index (κ3) is 3.23. The largest absolute Gasteiger partial charge is 0.377 e. The minimum Gasteiger partial charge on any atom is -0.377 e. The molecule has 5 nitrogen and oxygen atoms in total. The molecule has 1 aromatic rings. The summed E-state index contributed by atoms with van der Waals surface area (Å²) >= 11 is 0. The Morgan fingerprint density at radius 1 is 1.26 bits per heavy atom. The highest BCUT2D eigenvalue weighted by molar-refractivity contribution is 5.44. The molecule has 1 aliphatic heterocycles. The Labute approximate surface area is 114 Å². The number of ether oxygens (including phenoxy) is 2. The molecule has 2 rings (SSSR count). The highest BCUT2D eigenvalue weighted by atomic mass is 16.5. The van der Waals surface area contributed by atoms with Gasteiger partial charge in [-0.1, -0.05) is 0 Å². The summed E-state index contributed by atoms with van der Waals surface area (Å²) in [5, 5.41) is 3.17. The maximum atomic E-state index is 5.47. The molecule has 0 radical (unpaired) electrons. The van der Waals surface area contributed by atoms with Crippen LogP contribution in [0.15, 0.2) is 12.1 Å². The molecule has 0 aliphatic carbocycles. The Kier molecular flexibility index (Phi) is 4.74. The van der Waals surface area contributed by atoms with E-state index < -0.39 is 0 Å². The van der Waals surface area contributed by atoms with E-state index >= 15 is 0 Å². The first kappa shape index (κ1) is 14.2. The van der Waals surface area contributed by atoms with Gasteiger partial charge >= 0.3 is 0 Å². The van der Waals surface area contributed by atoms with Crippen LogP contribution in [0, 0.1) is 6.92 Å². The van der Waals surface area contributed by atoms with Crippen LogP contribution in [0.4, 0.5) is 5.82 Å². The maximum Gasteiger partial charge on any atom is 0.129 e. The Bertz CT molecular complexity index is 413. The van der Waals surface area contributed by atoms with Gasteiger partial charge in [-0.15, -0.1) is 0 Å². The van der Waals surface area contributed by atoms with Gasteiger partial charge in [0, 0.05) is 39.5 Å². The first-order valence-electron chi connectivity index (χ1n) is 6.60. The van der Waals surface area contributed by atoms with Gasteiger partial charge < -0.3 is 19.7 Å². The first-order valence-corrected chi connectivity index (χ1v) is 6.60. The summed E-state index contributed by atoms with van der Waals surface area (Å²) in [6.45, 7) is 4.53. The maximum absolute atomic E-state index is 5.47. The van der Waals surface area contributed by atoms with E-state index in [2.05, 4.69) is 27.3 Å². The SMILES string of the molecule is CNCc1cc(C)nc(N2CC(OC)C(OC)C2)c1. The number of aromatic nitrogens is 1. The zero-order valence-corrected chi connectivity index (χ0v) is 12.1. The van der Waals surface area contributed by atoms with Gasteiger partial charge in [-0.2, -0.15) is 0 Å². The highest BCUT2D eigenvalue weighted by Crippen LogP contribution is 2.23. The monoisotopic (exact) mass is 265 g/mol. The van der Waals surface area contributed by atoms with Gasteiger partial charge in [-0.3, -0.25) is 0 Å². The van der Waals surface area contributed by atoms with E-state index in [1.165, 1.54) is 5.56 Å². The second-order valence-electron chi connectivity index (χ2n) is 4.96. The fourth-order valence-corrected chi connectivity index (χ4v) is 2.57. The quantitative estimate of drug-likeness (QED) is 0.859. The molecule has 5 heteroatoms. The van der Waals surface area contributed by atoms with E-state index in [0.29, 0.717) is 0 Å². The van der Waals surface area contributed by atoms with Gasteiger partial charge in [-0.25, -0.2) is 4.98 Å². The molecule has 2 unspecified atom stereocenters. The molecular weight excluding hydrogens is 242 g/mol. The van der Waals surface area contributed by atoms with Gasteiger partial charge in [0.15, 0.2) is 0 Å². The minimum atomic E-state index is 0.111. The van der Waals surface area contributed by atoms with Crippen molar-refractivity contribution < 1.29 is 9.47 Å². The Balaban J connectivity index is 2.18. The number of nitrogens with zero attached hydrogens (tertiary/aromatic N) is 2. The van der Waals surface area contributed by atoms with Crippen molar-refractivity contribution >= 4 is 5.82 Å². The minimum absolute atomic E-state index is 0.111. The van der Waals surface area contributed by atoms with Crippen LogP contribution in [0.3, 0.4) is 0 Å². The van der Waals surface area contributed by atoms with Crippen molar-refractivity contribution in [1.82, 2.24) is 10.3 Å². The zero-order valence-electron chi connectivity index (χ0n) is 12.1. The Hall–Kier alpha value is -1.17. The normalized spacial score (nSPS) is 23.1. The Morgan fingerprint density at radius 3 is 2.42 bits per heavy atom. The lowest BCUT2D eigenvalue weighted by atomic mass is 10.2. The fraction of sp³-hybridized carbons (Fsp3) is 0.643. The number of nitrogens with one attached hydrogen (secondary N) is 1. The third-order valence-corrected chi connectivity index (χ3v) is 3.53. The molecule has 1 saturated heterocycles. The molecule has 0 aromatic carbocycles. The molecule has 0 spiro atoms. The second-order valence-corrected chi connectivity index (χ2v) is 4.96. The Morgan fingerprint density at radius 2 is 1.89 bits per heavy atom. The summed E-state index contributed by atoms with van der Waals surface area (Å²) in [4.78, 5) is 6.85. The summed E-state index contributed by atoms with van der Waals surface area (Å²) in [6, 6.07) is 4.24. The molecule has 0 bridgehead atoms. The van der Waals surface area contributed by atoms with Crippen LogP contribution >= 0.6 is 0 Å². The summed E-state index contributed by atoms with van der Waals surface area (Å²) < 4.78 is 10.9. The van der Waals surface area contributed by atoms with E-state index in [4.69, 9.17) is 9.47 Å². The molecule has 2 heterocycles. The zero-order chi connectivity index (χ0) is 13.8. The standard InChI is InChI=1S/C14H23N3O2/c1-10-5-11(7-15-2)6-14(16-10)17-8-12(18-3)13(9-17)19-4/h5-6,12-13,15H,7-9H2,1-4H3. The molecule has 0 saturated carbocycles. The van der Waals surface area contributed by atoms with E-state index in [1.54, 1.807) is 14.2 Å². The third-order valence-electron chi connectivity index (χ3n) is 3.53. The summed E-state index contributed by atoms with van der Waals surface area (Å²) in [6.07, 6.45) is 0.222. The molecule has 0 amide bonds. The van der Waals surface area contributed by atoms with Gasteiger partial charge in [0.1, 0.15) is 18.0 Å². The molecular formula is C14H23N3O2. The van der Waals surface area contributed by atoms with E-state index in [9.17, 15) is 0 Å². The number of methoxy groups -OCH3 is 2. The smallest absolute Gasteiger partial charge is 0.129 e. The van der Waals surface area contributed by atoms with Gasteiger partial charge in [0.05, 0.1) is 0 Å². The molecule has 1 aromatic heterocycles. The van der Waals surface area contributed by atoms with Crippen molar-refractivity contribution in [3.05, 3.63) is 23.4 Å². The van der Waals surface area contributed by atoms with Crippen LogP contribution < -0.4 is 10.2 Å². The average molecular weight is 265 g/mol. The second kappa shape index (κ2) is 6.32. The molecule has 1 aliphatic rings. The molecule has 19 heavy (non-hydrogen) atoms. The van der Waals surface area contributed by atoms with Crippen LogP contribution in [0.25, 0.3) is 0 Å². The average Bonchev–Trinajstić information content (AvgIpc) is 2.81. The molecule has 2 atom stereocenters. The van der Waals surface area contributed by atoms with Crippen LogP contribution in [0.5, 0.6) is 0 Å². The molecule has 1 N–H and O–H groups in total. The summed E-state index contributed by atoms with van der Waals surface area (Å²) in [5.74, 6) is 1.01. The van der Waals surface area contributed by atoms with Crippen LogP contribution in [0.1, 0.15) is 11.3 Å². The molecule has 1 fully saturated rings. The number of anilines is 1. The van der Waals surface area contributed by atoms with E-state index in [1.807, 2.05) is 14.0 Å². The first-order chi connectivity index (χ1) is 9.17. The number of hydrogen-bond acceptors (Lipinski definition) is 5. The van der Waals surface area contributed by atoms with Crippen molar-refractivity contribution in [2.24, 2.45) is 0 Å². The van der Waals surface area contributed by atoms with Crippen LogP contribution in [0.2, 0.25) is 0 Å². The van der Waals surface area contributed by atoms with E-state index in [0.717, 1.165) is 31.1 Å². The van der Waals surface area contributed by atoms with Crippen molar-refractivity contribution in [3.8, 4) is 0 Å². The van der Waals surface area contributed by atoms with Crippen LogP contribution in [-0.4, -0.2) is 51.5 Å². The lowest BCUT2D eigenvalue weighted by Gasteiger charge is -2.18. The number of aryl methyl sites for hydroxylation is 1. The van der Waals surface area contributed by atoms with Crippen molar-refractivity contribution in [2.75, 3.05) is 39.3 Å². The lowest BCUT2D eigenvalue weighted by molar-refractivity contribution is -0.00461. The molecule has 106 valence electrons. The number of hydrogen-bond donors (Lipinski definition) is 1. The highest BCUT2D eigenvalue weighted by Gasteiger charge is 2.33. The summed E-state index contributed by atoms with van der Waals surface area (Å²) in [5.41, 5.74) is 2.29. The lowest BCUT2D eigenvalue weighted by Crippen LogP contribution is -2.27. The van der Waals surface area contributed by atoms with E-state index in [-0.39, 0.29) is 12.2 Å². The van der Waals surface area contributed by atoms with Crippen molar-refractivity contribution in [2.45, 2.75) is 25.7 Å². The number of pyridine rings is 1. The van der Waals surface area contributed by atoms with Gasteiger partial charge in [0.2, 0.25) is 0 Å². The predicted octanol–water partition coefficient (Wildman–Crippen LogP) is 0.959. The fourth-order valence-electron chi connectivity index (χ4n) is 2.57. The van der Waals surface area contributed by atoms with Gasteiger partial charge in [-0.05, 0) is 31.7 Å². The van der Waals surface area contributed by atoms with Crippen LogP contribution in [-0.2, 0) is 16.0 Å². The topological polar surface area (TPSA) is 46.6 Å². The van der Waals surface area contributed by atoms with Crippen molar-refractivity contribution in [1.29, 1.82) is 0 Å². The predicted molar refractivity (Wildman–Crippen MR) is 75.5 cm³/mol. The summed E-state index contributed by atoms with van der Waals surface area (Å²) in [7, 11) is 5.42. The van der Waals surface area contributed by atoms with Crippen molar-refractivity contribution in [3.63, 3.8) is 0 Å². The number of rotatable bonds is 5.